The standard InChI is InChI=1S/C11H14N4O2/c1-15(7-9(16)17)11-8(3-2-4-14-11)10-12-5-6-13-10/h2-4H,5-7H2,1H3,(H,12,13)(H,16,17). The number of anilines is 1. The van der Waals surface area contributed by atoms with Gasteiger partial charge < -0.3 is 15.3 Å². The summed E-state index contributed by atoms with van der Waals surface area (Å²) in [5.41, 5.74) is 0.841. The highest BCUT2D eigenvalue weighted by atomic mass is 16.4. The Bertz CT molecular complexity index is 459. The van der Waals surface area contributed by atoms with Crippen LogP contribution in [0.1, 0.15) is 5.56 Å². The Morgan fingerprint density at radius 3 is 3.12 bits per heavy atom. The number of aliphatic imine (C=N–C) groups is 1. The van der Waals surface area contributed by atoms with Gasteiger partial charge in [0.2, 0.25) is 0 Å². The summed E-state index contributed by atoms with van der Waals surface area (Å²) < 4.78 is 0. The highest BCUT2D eigenvalue weighted by Gasteiger charge is 2.17. The molecule has 1 aromatic rings. The topological polar surface area (TPSA) is 77.8 Å². The molecule has 6 heteroatoms. The Kier molecular flexibility index (Phi) is 3.22. The van der Waals surface area contributed by atoms with Crippen molar-refractivity contribution in [2.24, 2.45) is 4.99 Å². The van der Waals surface area contributed by atoms with Crippen LogP contribution < -0.4 is 10.2 Å². The van der Waals surface area contributed by atoms with Crippen molar-refractivity contribution in [1.29, 1.82) is 0 Å². The van der Waals surface area contributed by atoms with E-state index in [-0.39, 0.29) is 6.54 Å². The second-order valence-corrected chi connectivity index (χ2v) is 3.78. The third-order valence-corrected chi connectivity index (χ3v) is 2.45. The number of carboxylic acid groups (broad SMARTS) is 1. The van der Waals surface area contributed by atoms with E-state index in [4.69, 9.17) is 5.11 Å². The fourth-order valence-electron chi connectivity index (χ4n) is 1.74. The molecule has 0 unspecified atom stereocenters. The molecular formula is C11H14N4O2. The monoisotopic (exact) mass is 234 g/mol. The van der Waals surface area contributed by atoms with Crippen LogP contribution in [0.3, 0.4) is 0 Å². The number of hydrogen-bond acceptors (Lipinski definition) is 5. The van der Waals surface area contributed by atoms with Crippen molar-refractivity contribution >= 4 is 17.6 Å². The van der Waals surface area contributed by atoms with Crippen molar-refractivity contribution in [2.45, 2.75) is 0 Å². The molecule has 0 fully saturated rings. The van der Waals surface area contributed by atoms with Crippen LogP contribution in [-0.4, -0.2) is 48.6 Å². The number of pyridine rings is 1. The predicted octanol–water partition coefficient (Wildman–Crippen LogP) is -0.0478. The van der Waals surface area contributed by atoms with Gasteiger partial charge in [0.05, 0.1) is 12.1 Å². The third kappa shape index (κ3) is 2.52. The average Bonchev–Trinajstić information content (AvgIpc) is 2.81. The Morgan fingerprint density at radius 1 is 1.65 bits per heavy atom. The van der Waals surface area contributed by atoms with E-state index in [2.05, 4.69) is 15.3 Å². The molecule has 0 bridgehead atoms. The molecule has 1 aliphatic rings. The van der Waals surface area contributed by atoms with Gasteiger partial charge in [0.15, 0.2) is 0 Å². The summed E-state index contributed by atoms with van der Waals surface area (Å²) in [6.07, 6.45) is 1.65. The van der Waals surface area contributed by atoms with Crippen LogP contribution >= 0.6 is 0 Å². The highest BCUT2D eigenvalue weighted by Crippen LogP contribution is 2.16. The van der Waals surface area contributed by atoms with Crippen molar-refractivity contribution < 1.29 is 9.90 Å². The first-order valence-corrected chi connectivity index (χ1v) is 5.35. The molecule has 0 saturated carbocycles. The second kappa shape index (κ2) is 4.82. The van der Waals surface area contributed by atoms with Crippen LogP contribution in [-0.2, 0) is 4.79 Å². The van der Waals surface area contributed by atoms with Crippen LogP contribution in [0.4, 0.5) is 5.82 Å². The maximum Gasteiger partial charge on any atom is 0.323 e. The van der Waals surface area contributed by atoms with Gasteiger partial charge in [0, 0.05) is 19.8 Å². The number of nitrogens with zero attached hydrogens (tertiary/aromatic N) is 3. The fraction of sp³-hybridized carbons (Fsp3) is 0.364. The van der Waals surface area contributed by atoms with Gasteiger partial charge in [-0.3, -0.25) is 9.79 Å². The van der Waals surface area contributed by atoms with Gasteiger partial charge in [0.1, 0.15) is 18.2 Å². The number of aliphatic carboxylic acids is 1. The molecule has 2 rings (SSSR count). The lowest BCUT2D eigenvalue weighted by atomic mass is 10.2. The van der Waals surface area contributed by atoms with Gasteiger partial charge in [0.25, 0.3) is 0 Å². The summed E-state index contributed by atoms with van der Waals surface area (Å²) in [4.78, 5) is 20.8. The number of rotatable bonds is 4. The first-order chi connectivity index (χ1) is 8.18. The quantitative estimate of drug-likeness (QED) is 0.764. The number of aromatic nitrogens is 1. The van der Waals surface area contributed by atoms with E-state index in [9.17, 15) is 4.79 Å². The molecule has 17 heavy (non-hydrogen) atoms. The molecule has 0 atom stereocenters. The van der Waals surface area contributed by atoms with Crippen molar-refractivity contribution in [1.82, 2.24) is 10.3 Å². The lowest BCUT2D eigenvalue weighted by Gasteiger charge is -2.18. The number of hydrogen-bond donors (Lipinski definition) is 2. The summed E-state index contributed by atoms with van der Waals surface area (Å²) in [6, 6.07) is 3.70. The maximum atomic E-state index is 10.7. The smallest absolute Gasteiger partial charge is 0.323 e. The molecule has 0 radical (unpaired) electrons. The van der Waals surface area contributed by atoms with Crippen LogP contribution in [0.15, 0.2) is 23.3 Å². The molecule has 6 nitrogen and oxygen atoms in total. The van der Waals surface area contributed by atoms with Gasteiger partial charge >= 0.3 is 5.97 Å². The first kappa shape index (κ1) is 11.4. The van der Waals surface area contributed by atoms with E-state index >= 15 is 0 Å². The summed E-state index contributed by atoms with van der Waals surface area (Å²) in [6.45, 7) is 1.47. The van der Waals surface area contributed by atoms with Crippen LogP contribution in [0.5, 0.6) is 0 Å². The minimum atomic E-state index is -0.884. The van der Waals surface area contributed by atoms with Crippen molar-refractivity contribution in [3.8, 4) is 0 Å². The number of amidine groups is 1. The van der Waals surface area contributed by atoms with E-state index in [0.29, 0.717) is 5.82 Å². The zero-order valence-electron chi connectivity index (χ0n) is 9.55. The normalized spacial score (nSPS) is 14.1. The largest absolute Gasteiger partial charge is 0.480 e. The Hall–Kier alpha value is -2.11. The van der Waals surface area contributed by atoms with E-state index in [1.165, 1.54) is 0 Å². The SMILES string of the molecule is CN(CC(=O)O)c1ncccc1C1=NCCN1. The van der Waals surface area contributed by atoms with Crippen molar-refractivity contribution in [3.63, 3.8) is 0 Å². The molecule has 2 heterocycles. The van der Waals surface area contributed by atoms with Crippen LogP contribution in [0.2, 0.25) is 0 Å². The number of nitrogens with one attached hydrogen (secondary N) is 1. The molecule has 0 amide bonds. The third-order valence-electron chi connectivity index (χ3n) is 2.45. The van der Waals surface area contributed by atoms with E-state index < -0.39 is 5.97 Å². The molecule has 0 saturated heterocycles. The Labute approximate surface area is 99.0 Å². The molecule has 1 aromatic heterocycles. The number of likely N-dealkylation sites (N-methyl/N-ethyl adjacent to an activating group) is 1. The van der Waals surface area contributed by atoms with Gasteiger partial charge in [-0.2, -0.15) is 0 Å². The fourth-order valence-corrected chi connectivity index (χ4v) is 1.74. The molecule has 90 valence electrons. The molecular weight excluding hydrogens is 220 g/mol. The lowest BCUT2D eigenvalue weighted by molar-refractivity contribution is -0.135. The lowest BCUT2D eigenvalue weighted by Crippen LogP contribution is -2.29. The van der Waals surface area contributed by atoms with Crippen molar-refractivity contribution in [3.05, 3.63) is 23.9 Å². The van der Waals surface area contributed by atoms with Crippen molar-refractivity contribution in [2.75, 3.05) is 31.6 Å². The van der Waals surface area contributed by atoms with E-state index in [1.54, 1.807) is 18.1 Å². The molecule has 0 aliphatic carbocycles. The Morgan fingerprint density at radius 2 is 2.47 bits per heavy atom. The molecule has 0 spiro atoms. The van der Waals surface area contributed by atoms with Gasteiger partial charge in [-0.15, -0.1) is 0 Å². The number of carboxylic acids is 1. The highest BCUT2D eigenvalue weighted by molar-refractivity contribution is 6.03. The van der Waals surface area contributed by atoms with Gasteiger partial charge in [-0.25, -0.2) is 4.98 Å². The summed E-state index contributed by atoms with van der Waals surface area (Å²) in [7, 11) is 1.70. The molecule has 2 N–H and O–H groups in total. The second-order valence-electron chi connectivity index (χ2n) is 3.78. The molecule has 0 aromatic carbocycles. The van der Waals surface area contributed by atoms with Crippen LogP contribution in [0, 0.1) is 0 Å². The summed E-state index contributed by atoms with van der Waals surface area (Å²) in [5.74, 6) is 0.527. The first-order valence-electron chi connectivity index (χ1n) is 5.35. The predicted molar refractivity (Wildman–Crippen MR) is 64.5 cm³/mol. The average molecular weight is 234 g/mol. The van der Waals surface area contributed by atoms with E-state index in [0.717, 1.165) is 24.5 Å². The zero-order valence-corrected chi connectivity index (χ0v) is 9.55. The van der Waals surface area contributed by atoms with Gasteiger partial charge in [-0.1, -0.05) is 0 Å². The summed E-state index contributed by atoms with van der Waals surface area (Å²) >= 11 is 0. The minimum absolute atomic E-state index is 0.0860. The molecule has 1 aliphatic heterocycles. The maximum absolute atomic E-state index is 10.7. The van der Waals surface area contributed by atoms with Gasteiger partial charge in [-0.05, 0) is 12.1 Å². The number of carbonyl (C=O) groups is 1. The van der Waals surface area contributed by atoms with E-state index in [1.807, 2.05) is 12.1 Å². The Balaban J connectivity index is 2.30. The zero-order chi connectivity index (χ0) is 12.3. The van der Waals surface area contributed by atoms with Crippen LogP contribution in [0.25, 0.3) is 0 Å². The summed E-state index contributed by atoms with van der Waals surface area (Å²) in [5, 5.41) is 11.9. The minimum Gasteiger partial charge on any atom is -0.480 e.